The molecule has 0 fully saturated rings. The molecule has 0 saturated heterocycles. The fraction of sp³-hybridized carbons (Fsp3) is 0.0392. The van der Waals surface area contributed by atoms with Gasteiger partial charge in [-0.05, 0) is 59.7 Å². The molecule has 12 rings (SSSR count). The molecule has 6 nitrogen and oxygen atoms in total. The Hall–Kier alpha value is -7.41. The lowest BCUT2D eigenvalue weighted by molar-refractivity contribution is 0.409. The number of nitrogens with zero attached hydrogens (tertiary/aromatic N) is 3. The van der Waals surface area contributed by atoms with Crippen LogP contribution in [0.2, 0.25) is 0 Å². The van der Waals surface area contributed by atoms with E-state index in [0.29, 0.717) is 0 Å². The van der Waals surface area contributed by atoms with Gasteiger partial charge in [0.2, 0.25) is 0 Å². The molecule has 0 radical (unpaired) electrons. The summed E-state index contributed by atoms with van der Waals surface area (Å²) >= 11 is 0. The number of furan rings is 1. The van der Waals surface area contributed by atoms with E-state index in [1.165, 1.54) is 21.7 Å². The van der Waals surface area contributed by atoms with E-state index in [1.54, 1.807) is 0 Å². The lowest BCUT2D eigenvalue weighted by atomic mass is 10.1. The van der Waals surface area contributed by atoms with E-state index in [1.807, 2.05) is 12.1 Å². The van der Waals surface area contributed by atoms with E-state index in [9.17, 15) is 0 Å². The van der Waals surface area contributed by atoms with E-state index >= 15 is 0 Å². The molecule has 57 heavy (non-hydrogen) atoms. The highest BCUT2D eigenvalue weighted by Crippen LogP contribution is 2.44. The highest BCUT2D eigenvalue weighted by atomic mass is 16.3. The first kappa shape index (κ1) is 31.9. The lowest BCUT2D eigenvalue weighted by Crippen LogP contribution is -2.44. The van der Waals surface area contributed by atoms with Crippen LogP contribution >= 0.6 is 0 Å². The normalized spacial score (nSPS) is 15.9. The van der Waals surface area contributed by atoms with Crippen molar-refractivity contribution in [1.82, 2.24) is 19.8 Å². The van der Waals surface area contributed by atoms with Crippen molar-refractivity contribution in [3.63, 3.8) is 0 Å². The van der Waals surface area contributed by atoms with Crippen molar-refractivity contribution < 1.29 is 4.42 Å². The highest BCUT2D eigenvalue weighted by Gasteiger charge is 2.27. The van der Waals surface area contributed by atoms with Gasteiger partial charge in [0.15, 0.2) is 0 Å². The van der Waals surface area contributed by atoms with Crippen molar-refractivity contribution >= 4 is 71.4 Å². The zero-order chi connectivity index (χ0) is 37.5. The summed E-state index contributed by atoms with van der Waals surface area (Å²) in [6.45, 7) is 0. The highest BCUT2D eigenvalue weighted by molar-refractivity contribution is 6.25. The number of hydrogen-bond donors (Lipinski definition) is 2. The summed E-state index contributed by atoms with van der Waals surface area (Å²) in [7, 11) is 0. The van der Waals surface area contributed by atoms with Crippen LogP contribution in [0, 0.1) is 0 Å². The van der Waals surface area contributed by atoms with Gasteiger partial charge in [0, 0.05) is 49.3 Å². The van der Waals surface area contributed by atoms with Crippen molar-refractivity contribution in [2.45, 2.75) is 12.3 Å². The van der Waals surface area contributed by atoms with Crippen LogP contribution in [0.4, 0.5) is 0 Å². The number of hydrogen-bond acceptors (Lipinski definition) is 4. The number of aliphatic imine (C=N–C) groups is 1. The third kappa shape index (κ3) is 4.98. The van der Waals surface area contributed by atoms with Crippen LogP contribution in [-0.4, -0.2) is 15.0 Å². The summed E-state index contributed by atoms with van der Waals surface area (Å²) < 4.78 is 11.4. The molecule has 0 amide bonds. The molecular formula is C51H35N5O. The van der Waals surface area contributed by atoms with Crippen LogP contribution < -0.4 is 10.6 Å². The molecule has 6 heteroatoms. The molecule has 0 aliphatic carbocycles. The van der Waals surface area contributed by atoms with Gasteiger partial charge < -0.3 is 18.9 Å². The summed E-state index contributed by atoms with van der Waals surface area (Å²) in [5.74, 6) is 0.860. The molecular weight excluding hydrogens is 699 g/mol. The molecule has 11 aromatic rings. The molecule has 4 heterocycles. The third-order valence-electron chi connectivity index (χ3n) is 11.6. The van der Waals surface area contributed by atoms with E-state index in [4.69, 9.17) is 9.41 Å². The van der Waals surface area contributed by atoms with Crippen molar-refractivity contribution in [3.05, 3.63) is 205 Å². The maximum Gasteiger partial charge on any atom is 0.136 e. The molecule has 2 unspecified atom stereocenters. The third-order valence-corrected chi connectivity index (χ3v) is 11.6. The van der Waals surface area contributed by atoms with Gasteiger partial charge in [-0.25, -0.2) is 4.99 Å². The van der Waals surface area contributed by atoms with Crippen LogP contribution in [0.3, 0.4) is 0 Å². The van der Waals surface area contributed by atoms with Gasteiger partial charge in [-0.1, -0.05) is 140 Å². The molecule has 2 atom stereocenters. The Balaban J connectivity index is 1.15. The predicted molar refractivity (Wildman–Crippen MR) is 234 cm³/mol. The second-order valence-corrected chi connectivity index (χ2v) is 14.8. The van der Waals surface area contributed by atoms with Crippen molar-refractivity contribution in [2.24, 2.45) is 4.99 Å². The molecule has 0 bridgehead atoms. The Kier molecular flexibility index (Phi) is 7.03. The first-order valence-corrected chi connectivity index (χ1v) is 19.4. The molecule has 2 N–H and O–H groups in total. The van der Waals surface area contributed by atoms with Crippen LogP contribution in [0.25, 0.3) is 76.9 Å². The van der Waals surface area contributed by atoms with Crippen LogP contribution in [0.15, 0.2) is 197 Å². The number of rotatable bonds is 5. The van der Waals surface area contributed by atoms with Gasteiger partial charge >= 0.3 is 0 Å². The van der Waals surface area contributed by atoms with Crippen molar-refractivity contribution in [1.29, 1.82) is 0 Å². The smallest absolute Gasteiger partial charge is 0.136 e. The molecule has 3 aromatic heterocycles. The molecule has 1 aliphatic heterocycles. The van der Waals surface area contributed by atoms with E-state index in [-0.39, 0.29) is 12.3 Å². The van der Waals surface area contributed by atoms with Crippen LogP contribution in [0.5, 0.6) is 0 Å². The number of fused-ring (bicyclic) bond motifs is 10. The van der Waals surface area contributed by atoms with Gasteiger partial charge in [0.25, 0.3) is 0 Å². The molecule has 8 aromatic carbocycles. The second kappa shape index (κ2) is 12.6. The van der Waals surface area contributed by atoms with E-state index in [2.05, 4.69) is 196 Å². The average molecular weight is 734 g/mol. The SMILES string of the molecule is c1ccc(C2=NC(c3cccc(-n4c5cc6c(cc5c5ccc7c8ccccc8n(-c8ccccc8)c7c54)oc4ccccc46)c3)NC(c3ccccc3)N2)cc1. The Morgan fingerprint density at radius 3 is 1.88 bits per heavy atom. The fourth-order valence-corrected chi connectivity index (χ4v) is 9.00. The standard InChI is InChI=1S/C51H35N5O/c1-4-15-32(16-5-1)49-52-50(33-17-6-2-7-18-33)54-51(53-49)34-19-14-22-36(29-34)56-44-30-42-38-24-11-13-26-45(38)57-46(42)31-41(44)40-28-27-39-37-23-10-12-25-43(37)55(47(39)48(40)56)35-20-8-3-9-21-35/h1-31,49,51,53H,(H,52,54). The quantitative estimate of drug-likeness (QED) is 0.185. The lowest BCUT2D eigenvalue weighted by Gasteiger charge is -2.32. The largest absolute Gasteiger partial charge is 0.456 e. The van der Waals surface area contributed by atoms with Gasteiger partial charge in [-0.2, -0.15) is 0 Å². The Morgan fingerprint density at radius 2 is 1.07 bits per heavy atom. The summed E-state index contributed by atoms with van der Waals surface area (Å²) in [6.07, 6.45) is -0.440. The Labute approximate surface area is 327 Å². The minimum Gasteiger partial charge on any atom is -0.456 e. The van der Waals surface area contributed by atoms with Crippen molar-refractivity contribution in [2.75, 3.05) is 0 Å². The number of aromatic nitrogens is 2. The van der Waals surface area contributed by atoms with Crippen LogP contribution in [0.1, 0.15) is 29.0 Å². The van der Waals surface area contributed by atoms with E-state index < -0.39 is 0 Å². The minimum atomic E-state index is -0.306. The first-order valence-electron chi connectivity index (χ1n) is 19.4. The predicted octanol–water partition coefficient (Wildman–Crippen LogP) is 12.1. The summed E-state index contributed by atoms with van der Waals surface area (Å²) in [6, 6.07) is 66.8. The van der Waals surface area contributed by atoms with Gasteiger partial charge in [-0.15, -0.1) is 0 Å². The summed E-state index contributed by atoms with van der Waals surface area (Å²) in [4.78, 5) is 5.31. The fourth-order valence-electron chi connectivity index (χ4n) is 9.00. The van der Waals surface area contributed by atoms with Crippen molar-refractivity contribution in [3.8, 4) is 11.4 Å². The molecule has 270 valence electrons. The van der Waals surface area contributed by atoms with Gasteiger partial charge in [0.1, 0.15) is 29.3 Å². The number of amidine groups is 1. The second-order valence-electron chi connectivity index (χ2n) is 14.8. The maximum atomic E-state index is 6.50. The zero-order valence-corrected chi connectivity index (χ0v) is 30.8. The maximum absolute atomic E-state index is 6.50. The number of benzene rings is 8. The number of para-hydroxylation sites is 3. The summed E-state index contributed by atoms with van der Waals surface area (Å²) in [5, 5.41) is 14.4. The summed E-state index contributed by atoms with van der Waals surface area (Å²) in [5.41, 5.74) is 11.8. The number of nitrogens with one attached hydrogen (secondary N) is 2. The molecule has 1 aliphatic rings. The Morgan fingerprint density at radius 1 is 0.439 bits per heavy atom. The first-order chi connectivity index (χ1) is 28.3. The molecule has 0 spiro atoms. The molecule has 0 saturated carbocycles. The van der Waals surface area contributed by atoms with Gasteiger partial charge in [-0.3, -0.25) is 5.32 Å². The monoisotopic (exact) mass is 733 g/mol. The average Bonchev–Trinajstić information content (AvgIpc) is 3.93. The Bertz CT molecular complexity index is 3360. The topological polar surface area (TPSA) is 59.4 Å². The van der Waals surface area contributed by atoms with Gasteiger partial charge in [0.05, 0.1) is 22.1 Å². The minimum absolute atomic E-state index is 0.135. The van der Waals surface area contributed by atoms with Crippen LogP contribution in [-0.2, 0) is 0 Å². The van der Waals surface area contributed by atoms with E-state index in [0.717, 1.165) is 77.8 Å². The zero-order valence-electron chi connectivity index (χ0n) is 30.8.